The SMILES string of the molecule is O=C(Nc1cncc(-c2cnc3[nH]nc(-c4cc5c(-c6ccccc6F)cccc5[nH]4)c3c2)c1)N1CCOCC1. The molecule has 0 atom stereocenters. The molecule has 0 unspecified atom stereocenters. The topological polar surface area (TPSA) is 112 Å². The third kappa shape index (κ3) is 4.34. The molecule has 2 amide bonds. The molecule has 0 spiro atoms. The number of carbonyl (C=O) groups excluding carboxylic acids is 1. The summed E-state index contributed by atoms with van der Waals surface area (Å²) in [6.07, 6.45) is 5.10. The van der Waals surface area contributed by atoms with Crippen LogP contribution < -0.4 is 5.32 Å². The van der Waals surface area contributed by atoms with E-state index in [1.54, 1.807) is 35.6 Å². The lowest BCUT2D eigenvalue weighted by Gasteiger charge is -2.26. The minimum atomic E-state index is -0.270. The average Bonchev–Trinajstić information content (AvgIpc) is 3.62. The number of rotatable bonds is 4. The molecule has 0 saturated carbocycles. The molecule has 7 rings (SSSR count). The summed E-state index contributed by atoms with van der Waals surface area (Å²) in [5.41, 5.74) is 6.58. The molecule has 0 radical (unpaired) electrons. The Labute approximate surface area is 228 Å². The van der Waals surface area contributed by atoms with Crippen molar-refractivity contribution in [2.24, 2.45) is 0 Å². The summed E-state index contributed by atoms with van der Waals surface area (Å²) in [6, 6.07) is 18.2. The van der Waals surface area contributed by atoms with Gasteiger partial charge in [0.25, 0.3) is 0 Å². The van der Waals surface area contributed by atoms with Gasteiger partial charge < -0.3 is 19.9 Å². The van der Waals surface area contributed by atoms with Gasteiger partial charge in [-0.15, -0.1) is 0 Å². The zero-order valence-corrected chi connectivity index (χ0v) is 21.3. The molecule has 0 bridgehead atoms. The maximum absolute atomic E-state index is 14.6. The van der Waals surface area contributed by atoms with Crippen molar-refractivity contribution in [3.05, 3.63) is 85.1 Å². The van der Waals surface area contributed by atoms with E-state index >= 15 is 0 Å². The minimum Gasteiger partial charge on any atom is -0.378 e. The molecule has 10 heteroatoms. The van der Waals surface area contributed by atoms with Crippen LogP contribution in [0.25, 0.3) is 55.6 Å². The molecule has 9 nitrogen and oxygen atoms in total. The molecule has 1 aliphatic heterocycles. The summed E-state index contributed by atoms with van der Waals surface area (Å²) in [6.45, 7) is 2.17. The van der Waals surface area contributed by atoms with Crippen molar-refractivity contribution in [1.82, 2.24) is 30.0 Å². The molecule has 5 heterocycles. The summed E-state index contributed by atoms with van der Waals surface area (Å²) < 4.78 is 19.9. The summed E-state index contributed by atoms with van der Waals surface area (Å²) in [4.78, 5) is 26.7. The van der Waals surface area contributed by atoms with Crippen LogP contribution in [0.15, 0.2) is 79.3 Å². The smallest absolute Gasteiger partial charge is 0.322 e. The Balaban J connectivity index is 1.23. The number of hydrogen-bond acceptors (Lipinski definition) is 5. The number of benzene rings is 2. The second-order valence-electron chi connectivity index (χ2n) is 9.61. The molecule has 6 aromatic rings. The van der Waals surface area contributed by atoms with Gasteiger partial charge in [-0.1, -0.05) is 30.3 Å². The van der Waals surface area contributed by atoms with Crippen LogP contribution in [0.3, 0.4) is 0 Å². The van der Waals surface area contributed by atoms with Gasteiger partial charge in [-0.05, 0) is 35.9 Å². The molecule has 1 fully saturated rings. The Hall–Kier alpha value is -5.09. The van der Waals surface area contributed by atoms with Gasteiger partial charge in [-0.2, -0.15) is 5.10 Å². The zero-order valence-electron chi connectivity index (χ0n) is 21.3. The maximum Gasteiger partial charge on any atom is 0.322 e. The quantitative estimate of drug-likeness (QED) is 0.264. The van der Waals surface area contributed by atoms with Crippen LogP contribution in [0.4, 0.5) is 14.9 Å². The van der Waals surface area contributed by atoms with Crippen molar-refractivity contribution in [3.8, 4) is 33.6 Å². The number of hydrogen-bond donors (Lipinski definition) is 3. The second kappa shape index (κ2) is 9.90. The van der Waals surface area contributed by atoms with Crippen molar-refractivity contribution in [3.63, 3.8) is 0 Å². The number of fused-ring (bicyclic) bond motifs is 2. The van der Waals surface area contributed by atoms with Crippen molar-refractivity contribution in [1.29, 1.82) is 0 Å². The number of carbonyl (C=O) groups is 1. The normalized spacial score (nSPS) is 13.7. The van der Waals surface area contributed by atoms with Crippen molar-refractivity contribution >= 4 is 33.7 Å². The van der Waals surface area contributed by atoms with E-state index in [0.29, 0.717) is 48.9 Å². The van der Waals surface area contributed by atoms with Crippen LogP contribution >= 0.6 is 0 Å². The van der Waals surface area contributed by atoms with E-state index in [2.05, 4.69) is 30.5 Å². The first-order chi connectivity index (χ1) is 19.6. The number of aromatic nitrogens is 5. The first-order valence-electron chi connectivity index (χ1n) is 12.9. The fourth-order valence-electron chi connectivity index (χ4n) is 5.10. The van der Waals surface area contributed by atoms with E-state index in [1.807, 2.05) is 42.5 Å². The Morgan fingerprint density at radius 3 is 2.62 bits per heavy atom. The summed E-state index contributed by atoms with van der Waals surface area (Å²) in [5.74, 6) is -0.270. The highest BCUT2D eigenvalue weighted by Crippen LogP contribution is 2.35. The predicted molar refractivity (Wildman–Crippen MR) is 151 cm³/mol. The fraction of sp³-hybridized carbons (Fsp3) is 0.133. The minimum absolute atomic E-state index is 0.179. The van der Waals surface area contributed by atoms with Crippen LogP contribution in [0, 0.1) is 5.82 Å². The number of nitrogens with zero attached hydrogens (tertiary/aromatic N) is 4. The number of urea groups is 1. The molecule has 40 heavy (non-hydrogen) atoms. The number of ether oxygens (including phenoxy) is 1. The molecule has 0 aliphatic carbocycles. The Kier molecular flexibility index (Phi) is 5.94. The molecule has 1 aliphatic rings. The van der Waals surface area contributed by atoms with Crippen LogP contribution in [-0.4, -0.2) is 62.4 Å². The second-order valence-corrected chi connectivity index (χ2v) is 9.61. The van der Waals surface area contributed by atoms with Crippen LogP contribution in [0.1, 0.15) is 0 Å². The predicted octanol–water partition coefficient (Wildman–Crippen LogP) is 5.84. The molecule has 1 saturated heterocycles. The summed E-state index contributed by atoms with van der Waals surface area (Å²) in [7, 11) is 0. The monoisotopic (exact) mass is 533 g/mol. The van der Waals surface area contributed by atoms with Gasteiger partial charge >= 0.3 is 6.03 Å². The third-order valence-corrected chi connectivity index (χ3v) is 7.12. The summed E-state index contributed by atoms with van der Waals surface area (Å²) in [5, 5.41) is 12.2. The first-order valence-corrected chi connectivity index (χ1v) is 12.9. The van der Waals surface area contributed by atoms with Crippen LogP contribution in [-0.2, 0) is 4.74 Å². The van der Waals surface area contributed by atoms with E-state index in [-0.39, 0.29) is 11.8 Å². The molecule has 3 N–H and O–H groups in total. The highest BCUT2D eigenvalue weighted by atomic mass is 19.1. The molecular formula is C30H24FN7O2. The number of nitrogens with one attached hydrogen (secondary N) is 3. The number of amides is 2. The first kappa shape index (κ1) is 24.0. The molecule has 198 valence electrons. The lowest BCUT2D eigenvalue weighted by atomic mass is 10.0. The van der Waals surface area contributed by atoms with E-state index in [9.17, 15) is 9.18 Å². The van der Waals surface area contributed by atoms with E-state index in [4.69, 9.17) is 4.74 Å². The number of aromatic amines is 2. The zero-order chi connectivity index (χ0) is 27.1. The van der Waals surface area contributed by atoms with E-state index in [1.165, 1.54) is 6.07 Å². The number of halogens is 1. The lowest BCUT2D eigenvalue weighted by Crippen LogP contribution is -2.43. The number of anilines is 1. The third-order valence-electron chi connectivity index (χ3n) is 7.12. The average molecular weight is 534 g/mol. The van der Waals surface area contributed by atoms with E-state index < -0.39 is 0 Å². The van der Waals surface area contributed by atoms with Gasteiger partial charge in [-0.25, -0.2) is 14.2 Å². The van der Waals surface area contributed by atoms with Gasteiger partial charge in [0.05, 0.1) is 30.8 Å². The van der Waals surface area contributed by atoms with Gasteiger partial charge in [-0.3, -0.25) is 10.1 Å². The van der Waals surface area contributed by atoms with Gasteiger partial charge in [0.1, 0.15) is 11.5 Å². The lowest BCUT2D eigenvalue weighted by molar-refractivity contribution is 0.0564. The highest BCUT2D eigenvalue weighted by molar-refractivity contribution is 6.01. The van der Waals surface area contributed by atoms with Gasteiger partial charge in [0.15, 0.2) is 5.65 Å². The largest absolute Gasteiger partial charge is 0.378 e. The molecule has 4 aromatic heterocycles. The summed E-state index contributed by atoms with van der Waals surface area (Å²) >= 11 is 0. The highest BCUT2D eigenvalue weighted by Gasteiger charge is 2.18. The van der Waals surface area contributed by atoms with Crippen molar-refractivity contribution in [2.75, 3.05) is 31.6 Å². The standard InChI is InChI=1S/C30H24FN7O2/c31-25-6-2-1-4-22(25)21-5-3-7-26-23(21)14-27(35-26)28-24-13-19(16-33-29(24)37-36-28)18-12-20(17-32-15-18)34-30(39)38-8-10-40-11-9-38/h1-7,12-17,35H,8-11H2,(H,34,39)(H,33,36,37). The van der Waals surface area contributed by atoms with Crippen LogP contribution in [0.2, 0.25) is 0 Å². The maximum atomic E-state index is 14.6. The van der Waals surface area contributed by atoms with E-state index in [0.717, 1.165) is 38.7 Å². The molecular weight excluding hydrogens is 509 g/mol. The number of morpholine rings is 1. The van der Waals surface area contributed by atoms with Gasteiger partial charge in [0.2, 0.25) is 0 Å². The molecule has 2 aromatic carbocycles. The van der Waals surface area contributed by atoms with Crippen molar-refractivity contribution in [2.45, 2.75) is 0 Å². The number of pyridine rings is 2. The Morgan fingerprint density at radius 1 is 0.925 bits per heavy atom. The Bertz CT molecular complexity index is 1870. The van der Waals surface area contributed by atoms with Crippen LogP contribution in [0.5, 0.6) is 0 Å². The van der Waals surface area contributed by atoms with Gasteiger partial charge in [0, 0.05) is 58.5 Å². The Morgan fingerprint density at radius 2 is 1.75 bits per heavy atom. The fourth-order valence-corrected chi connectivity index (χ4v) is 5.10. The number of H-pyrrole nitrogens is 2. The van der Waals surface area contributed by atoms with Crippen molar-refractivity contribution < 1.29 is 13.9 Å².